The van der Waals surface area contributed by atoms with Crippen molar-refractivity contribution in [2.24, 2.45) is 0 Å². The molecule has 6 nitrogen and oxygen atoms in total. The lowest BCUT2D eigenvalue weighted by Crippen LogP contribution is -2.57. The molecule has 0 spiro atoms. The van der Waals surface area contributed by atoms with E-state index < -0.39 is 11.7 Å². The van der Waals surface area contributed by atoms with Gasteiger partial charge < -0.3 is 19.9 Å². The Morgan fingerprint density at radius 2 is 1.96 bits per heavy atom. The van der Waals surface area contributed by atoms with Crippen LogP contribution < -0.4 is 10.1 Å². The molecule has 2 heterocycles. The van der Waals surface area contributed by atoms with Crippen LogP contribution in [0.15, 0.2) is 24.3 Å². The van der Waals surface area contributed by atoms with E-state index in [0.717, 1.165) is 31.5 Å². The molecule has 1 N–H and O–H groups in total. The summed E-state index contributed by atoms with van der Waals surface area (Å²) in [5, 5.41) is 3.03. The van der Waals surface area contributed by atoms with Crippen LogP contribution in [0.25, 0.3) is 0 Å². The number of hydrogen-bond donors (Lipinski definition) is 1. The van der Waals surface area contributed by atoms with Crippen LogP contribution in [-0.4, -0.2) is 67.0 Å². The number of carbonyl (C=O) groups excluding carboxylic acids is 2. The minimum Gasteiger partial charge on any atom is -0.484 e. The second-order valence-corrected chi connectivity index (χ2v) is 6.71. The van der Waals surface area contributed by atoms with Crippen molar-refractivity contribution in [1.29, 1.82) is 0 Å². The Bertz CT molecular complexity index is 679. The Balaban J connectivity index is 1.52. The second-order valence-electron chi connectivity index (χ2n) is 6.71. The maximum absolute atomic E-state index is 12.6. The fraction of sp³-hybridized carbons (Fsp3) is 0.556. The van der Waals surface area contributed by atoms with E-state index in [1.807, 2.05) is 4.90 Å². The van der Waals surface area contributed by atoms with Crippen molar-refractivity contribution in [2.45, 2.75) is 25.1 Å². The Morgan fingerprint density at radius 3 is 2.63 bits per heavy atom. The summed E-state index contributed by atoms with van der Waals surface area (Å²) in [6, 6.07) is 4.26. The normalized spacial score (nSPS) is 21.3. The zero-order chi connectivity index (χ0) is 19.4. The number of halogens is 3. The van der Waals surface area contributed by atoms with Crippen molar-refractivity contribution in [3.8, 4) is 5.75 Å². The first-order valence-electron chi connectivity index (χ1n) is 8.92. The van der Waals surface area contributed by atoms with Crippen LogP contribution in [0, 0.1) is 0 Å². The molecule has 1 atom stereocenters. The lowest BCUT2D eigenvalue weighted by atomic mass is 10.0. The van der Waals surface area contributed by atoms with Crippen molar-refractivity contribution in [2.75, 3.05) is 39.3 Å². The van der Waals surface area contributed by atoms with Gasteiger partial charge in [-0.1, -0.05) is 0 Å². The molecule has 0 bridgehead atoms. The predicted octanol–water partition coefficient (Wildman–Crippen LogP) is 1.51. The van der Waals surface area contributed by atoms with Crippen LogP contribution in [0.2, 0.25) is 0 Å². The maximum Gasteiger partial charge on any atom is 0.416 e. The third kappa shape index (κ3) is 4.91. The van der Waals surface area contributed by atoms with Gasteiger partial charge in [0.2, 0.25) is 5.91 Å². The Morgan fingerprint density at radius 1 is 1.22 bits per heavy atom. The SMILES string of the molecule is O=C(COc1ccc(C(F)(F)F)cc1)N1CCCC(N2CCNCC2=O)C1. The van der Waals surface area contributed by atoms with Gasteiger partial charge in [-0.25, -0.2) is 0 Å². The van der Waals surface area contributed by atoms with Crippen molar-refractivity contribution in [1.82, 2.24) is 15.1 Å². The fourth-order valence-corrected chi connectivity index (χ4v) is 3.42. The van der Waals surface area contributed by atoms with Gasteiger partial charge in [-0.15, -0.1) is 0 Å². The summed E-state index contributed by atoms with van der Waals surface area (Å²) < 4.78 is 43.0. The summed E-state index contributed by atoms with van der Waals surface area (Å²) in [5.74, 6) is 0.0194. The van der Waals surface area contributed by atoms with Gasteiger partial charge in [0.05, 0.1) is 12.1 Å². The van der Waals surface area contributed by atoms with E-state index in [1.165, 1.54) is 12.1 Å². The number of ether oxygens (including phenoxy) is 1. The molecule has 3 rings (SSSR count). The van der Waals surface area contributed by atoms with Crippen LogP contribution >= 0.6 is 0 Å². The number of rotatable bonds is 4. The summed E-state index contributed by atoms with van der Waals surface area (Å²) in [4.78, 5) is 27.9. The van der Waals surface area contributed by atoms with Crippen molar-refractivity contribution < 1.29 is 27.5 Å². The number of likely N-dealkylation sites (tertiary alicyclic amines) is 1. The summed E-state index contributed by atoms with van der Waals surface area (Å²) >= 11 is 0. The van der Waals surface area contributed by atoms with Crippen LogP contribution in [0.1, 0.15) is 18.4 Å². The molecule has 2 aliphatic rings. The number of carbonyl (C=O) groups is 2. The highest BCUT2D eigenvalue weighted by Crippen LogP contribution is 2.30. The molecule has 0 radical (unpaired) electrons. The number of piperidine rings is 1. The molecule has 2 amide bonds. The highest BCUT2D eigenvalue weighted by molar-refractivity contribution is 5.80. The number of nitrogens with zero attached hydrogens (tertiary/aromatic N) is 2. The standard InChI is InChI=1S/C18H22F3N3O3/c19-18(20,21)13-3-5-15(6-4-13)27-12-17(26)23-8-1-2-14(11-23)24-9-7-22-10-16(24)25/h3-6,14,22H,1-2,7-12H2. The molecule has 1 aromatic carbocycles. The average molecular weight is 385 g/mol. The van der Waals surface area contributed by atoms with Gasteiger partial charge in [0.15, 0.2) is 6.61 Å². The van der Waals surface area contributed by atoms with Crippen molar-refractivity contribution in [3.05, 3.63) is 29.8 Å². The topological polar surface area (TPSA) is 61.9 Å². The third-order valence-corrected chi connectivity index (χ3v) is 4.86. The number of piperazine rings is 1. The van der Waals surface area contributed by atoms with Crippen LogP contribution in [0.4, 0.5) is 13.2 Å². The Kier molecular flexibility index (Phi) is 5.88. The number of benzene rings is 1. The van der Waals surface area contributed by atoms with E-state index in [4.69, 9.17) is 4.74 Å². The van der Waals surface area contributed by atoms with E-state index in [0.29, 0.717) is 26.2 Å². The Hall–Kier alpha value is -2.29. The van der Waals surface area contributed by atoms with E-state index >= 15 is 0 Å². The van der Waals surface area contributed by atoms with Crippen LogP contribution in [0.3, 0.4) is 0 Å². The molecule has 1 unspecified atom stereocenters. The zero-order valence-corrected chi connectivity index (χ0v) is 14.8. The molecule has 9 heteroatoms. The molecule has 0 saturated carbocycles. The van der Waals surface area contributed by atoms with Crippen LogP contribution in [-0.2, 0) is 15.8 Å². The van der Waals surface area contributed by atoms with Gasteiger partial charge in [0.25, 0.3) is 5.91 Å². The number of amides is 2. The van der Waals surface area contributed by atoms with Gasteiger partial charge >= 0.3 is 6.18 Å². The monoisotopic (exact) mass is 385 g/mol. The van der Waals surface area contributed by atoms with Gasteiger partial charge in [-0.05, 0) is 37.1 Å². The third-order valence-electron chi connectivity index (χ3n) is 4.86. The van der Waals surface area contributed by atoms with Gasteiger partial charge in [-0.2, -0.15) is 13.2 Å². The predicted molar refractivity (Wildman–Crippen MR) is 91.1 cm³/mol. The largest absolute Gasteiger partial charge is 0.484 e. The molecule has 1 aromatic rings. The molecule has 0 aliphatic carbocycles. The molecular weight excluding hydrogens is 363 g/mol. The summed E-state index contributed by atoms with van der Waals surface area (Å²) in [7, 11) is 0. The number of alkyl halides is 3. The van der Waals surface area contributed by atoms with Crippen LogP contribution in [0.5, 0.6) is 5.75 Å². The molecule has 2 saturated heterocycles. The zero-order valence-electron chi connectivity index (χ0n) is 14.8. The van der Waals surface area contributed by atoms with E-state index in [1.54, 1.807) is 4.90 Å². The molecule has 2 aliphatic heterocycles. The summed E-state index contributed by atoms with van der Waals surface area (Å²) in [6.45, 7) is 2.50. The highest BCUT2D eigenvalue weighted by atomic mass is 19.4. The fourth-order valence-electron chi connectivity index (χ4n) is 3.42. The minimum absolute atomic E-state index is 0.00312. The minimum atomic E-state index is -4.40. The molecule has 2 fully saturated rings. The van der Waals surface area contributed by atoms with Gasteiger partial charge in [0, 0.05) is 32.2 Å². The first-order valence-corrected chi connectivity index (χ1v) is 8.92. The first-order chi connectivity index (χ1) is 12.8. The lowest BCUT2D eigenvalue weighted by Gasteiger charge is -2.41. The lowest BCUT2D eigenvalue weighted by molar-refractivity contribution is -0.141. The Labute approximate surface area is 155 Å². The van der Waals surface area contributed by atoms with Crippen molar-refractivity contribution in [3.63, 3.8) is 0 Å². The average Bonchev–Trinajstić information content (AvgIpc) is 2.66. The first kappa shape index (κ1) is 19.5. The van der Waals surface area contributed by atoms with Gasteiger partial charge in [0.1, 0.15) is 5.75 Å². The molecular formula is C18H22F3N3O3. The quantitative estimate of drug-likeness (QED) is 0.854. The molecule has 0 aromatic heterocycles. The number of hydrogen-bond acceptors (Lipinski definition) is 4. The van der Waals surface area contributed by atoms with E-state index in [2.05, 4.69) is 5.32 Å². The van der Waals surface area contributed by atoms with E-state index in [9.17, 15) is 22.8 Å². The van der Waals surface area contributed by atoms with Gasteiger partial charge in [-0.3, -0.25) is 9.59 Å². The molecule has 148 valence electrons. The summed E-state index contributed by atoms with van der Waals surface area (Å²) in [5.41, 5.74) is -0.763. The van der Waals surface area contributed by atoms with E-state index in [-0.39, 0.29) is 30.2 Å². The smallest absolute Gasteiger partial charge is 0.416 e. The highest BCUT2D eigenvalue weighted by Gasteiger charge is 2.32. The second kappa shape index (κ2) is 8.16. The van der Waals surface area contributed by atoms with Crippen molar-refractivity contribution >= 4 is 11.8 Å². The molecule has 27 heavy (non-hydrogen) atoms. The maximum atomic E-state index is 12.6. The summed E-state index contributed by atoms with van der Waals surface area (Å²) in [6.07, 6.45) is -2.75. The number of nitrogens with one attached hydrogen (secondary N) is 1.